The molecule has 0 aromatic carbocycles. The summed E-state index contributed by atoms with van der Waals surface area (Å²) in [5, 5.41) is 0. The van der Waals surface area contributed by atoms with Crippen molar-refractivity contribution in [3.63, 3.8) is 0 Å². The van der Waals surface area contributed by atoms with Gasteiger partial charge in [-0.1, -0.05) is 12.2 Å². The molecule has 1 atom stereocenters. The fourth-order valence-electron chi connectivity index (χ4n) is 1.74. The zero-order valence-electron chi connectivity index (χ0n) is 10.4. The van der Waals surface area contributed by atoms with Gasteiger partial charge in [-0.2, -0.15) is 0 Å². The predicted octanol–water partition coefficient (Wildman–Crippen LogP) is -0.511. The number of hydrogen-bond acceptors (Lipinski definition) is 7. The van der Waals surface area contributed by atoms with E-state index in [1.54, 1.807) is 6.20 Å². The van der Waals surface area contributed by atoms with Crippen LogP contribution in [0.3, 0.4) is 0 Å². The standard InChI is InChI=1S/C11H14N4O3S/c1-17-11(16)8-6-15(2-3-18-8)9-5-13-7(4-14-9)10(12)19/h4-5,8H,2-3,6H2,1H3,(H2,12,19). The van der Waals surface area contributed by atoms with E-state index in [0.29, 0.717) is 31.2 Å². The number of morpholine rings is 1. The first-order valence-corrected chi connectivity index (χ1v) is 6.09. The average Bonchev–Trinajstić information content (AvgIpc) is 2.46. The minimum Gasteiger partial charge on any atom is -0.467 e. The van der Waals surface area contributed by atoms with Gasteiger partial charge in [0.1, 0.15) is 16.5 Å². The van der Waals surface area contributed by atoms with E-state index in [-0.39, 0.29) is 4.99 Å². The summed E-state index contributed by atoms with van der Waals surface area (Å²) in [4.78, 5) is 21.9. The van der Waals surface area contributed by atoms with Gasteiger partial charge in [-0.3, -0.25) is 0 Å². The summed E-state index contributed by atoms with van der Waals surface area (Å²) in [6.45, 7) is 1.45. The molecule has 2 N–H and O–H groups in total. The minimum absolute atomic E-state index is 0.202. The van der Waals surface area contributed by atoms with Crippen LogP contribution in [0.1, 0.15) is 5.69 Å². The number of thiocarbonyl (C=S) groups is 1. The van der Waals surface area contributed by atoms with Gasteiger partial charge in [0.05, 0.1) is 32.7 Å². The van der Waals surface area contributed by atoms with Gasteiger partial charge in [-0.15, -0.1) is 0 Å². The van der Waals surface area contributed by atoms with Gasteiger partial charge in [-0.25, -0.2) is 14.8 Å². The van der Waals surface area contributed by atoms with Crippen molar-refractivity contribution >= 4 is 29.0 Å². The van der Waals surface area contributed by atoms with Crippen LogP contribution < -0.4 is 10.6 Å². The largest absolute Gasteiger partial charge is 0.467 e. The number of rotatable bonds is 3. The van der Waals surface area contributed by atoms with Gasteiger partial charge < -0.3 is 20.1 Å². The Morgan fingerprint density at radius 1 is 1.58 bits per heavy atom. The third-order valence-electron chi connectivity index (χ3n) is 2.75. The first-order chi connectivity index (χ1) is 9.11. The van der Waals surface area contributed by atoms with Crippen molar-refractivity contribution in [2.75, 3.05) is 31.7 Å². The van der Waals surface area contributed by atoms with E-state index in [9.17, 15) is 4.79 Å². The molecule has 2 heterocycles. The quantitative estimate of drug-likeness (QED) is 0.585. The van der Waals surface area contributed by atoms with Crippen molar-refractivity contribution in [3.8, 4) is 0 Å². The SMILES string of the molecule is COC(=O)C1CN(c2cnc(C(N)=S)cn2)CCO1. The molecule has 0 amide bonds. The van der Waals surface area contributed by atoms with Crippen LogP contribution in [0.15, 0.2) is 12.4 Å². The van der Waals surface area contributed by atoms with Crippen LogP contribution >= 0.6 is 12.2 Å². The molecule has 0 aliphatic carbocycles. The highest BCUT2D eigenvalue weighted by Crippen LogP contribution is 2.14. The minimum atomic E-state index is -0.601. The van der Waals surface area contributed by atoms with Gasteiger partial charge in [0.25, 0.3) is 0 Å². The lowest BCUT2D eigenvalue weighted by Gasteiger charge is -2.32. The fraction of sp³-hybridized carbons (Fsp3) is 0.455. The highest BCUT2D eigenvalue weighted by atomic mass is 32.1. The van der Waals surface area contributed by atoms with Crippen LogP contribution in [0, 0.1) is 0 Å². The molecule has 8 heteroatoms. The first kappa shape index (κ1) is 13.6. The Morgan fingerprint density at radius 3 is 2.95 bits per heavy atom. The van der Waals surface area contributed by atoms with E-state index in [4.69, 9.17) is 22.7 Å². The maximum Gasteiger partial charge on any atom is 0.336 e. The maximum atomic E-state index is 11.4. The first-order valence-electron chi connectivity index (χ1n) is 5.68. The molecule has 1 saturated heterocycles. The molecular formula is C11H14N4O3S. The number of esters is 1. The van der Waals surface area contributed by atoms with Crippen LogP contribution in [-0.4, -0.2) is 53.8 Å². The Morgan fingerprint density at radius 2 is 2.37 bits per heavy atom. The zero-order valence-corrected chi connectivity index (χ0v) is 11.2. The number of hydrogen-bond donors (Lipinski definition) is 1. The van der Waals surface area contributed by atoms with Crippen LogP contribution in [0.25, 0.3) is 0 Å². The normalized spacial score (nSPS) is 19.0. The van der Waals surface area contributed by atoms with Crippen molar-refractivity contribution in [2.24, 2.45) is 5.73 Å². The molecule has 2 rings (SSSR count). The van der Waals surface area contributed by atoms with E-state index in [1.165, 1.54) is 13.3 Å². The molecule has 1 unspecified atom stereocenters. The molecule has 19 heavy (non-hydrogen) atoms. The number of aromatic nitrogens is 2. The fourth-order valence-corrected chi connectivity index (χ4v) is 1.85. The number of ether oxygens (including phenoxy) is 2. The monoisotopic (exact) mass is 282 g/mol. The third kappa shape index (κ3) is 3.15. The number of anilines is 1. The van der Waals surface area contributed by atoms with E-state index >= 15 is 0 Å². The smallest absolute Gasteiger partial charge is 0.336 e. The molecule has 1 aromatic heterocycles. The van der Waals surface area contributed by atoms with Gasteiger partial charge >= 0.3 is 5.97 Å². The summed E-state index contributed by atoms with van der Waals surface area (Å²) in [7, 11) is 1.33. The Kier molecular flexibility index (Phi) is 4.23. The Bertz CT molecular complexity index is 479. The zero-order chi connectivity index (χ0) is 13.8. The van der Waals surface area contributed by atoms with E-state index in [1.807, 2.05) is 4.90 Å². The third-order valence-corrected chi connectivity index (χ3v) is 2.95. The number of carbonyl (C=O) groups excluding carboxylic acids is 1. The highest BCUT2D eigenvalue weighted by molar-refractivity contribution is 7.80. The lowest BCUT2D eigenvalue weighted by Crippen LogP contribution is -2.47. The van der Waals surface area contributed by atoms with E-state index < -0.39 is 12.1 Å². The number of carbonyl (C=O) groups is 1. The second kappa shape index (κ2) is 5.89. The van der Waals surface area contributed by atoms with Crippen molar-refractivity contribution in [1.82, 2.24) is 9.97 Å². The summed E-state index contributed by atoms with van der Waals surface area (Å²) >= 11 is 4.81. The lowest BCUT2D eigenvalue weighted by atomic mass is 10.2. The Hall–Kier alpha value is -1.80. The Balaban J connectivity index is 2.08. The Labute approximate surface area is 115 Å². The molecular weight excluding hydrogens is 268 g/mol. The highest BCUT2D eigenvalue weighted by Gasteiger charge is 2.28. The van der Waals surface area contributed by atoms with Crippen molar-refractivity contribution in [2.45, 2.75) is 6.10 Å². The number of nitrogens with zero attached hydrogens (tertiary/aromatic N) is 3. The molecule has 0 radical (unpaired) electrons. The molecule has 1 aliphatic rings. The van der Waals surface area contributed by atoms with Crippen molar-refractivity contribution in [3.05, 3.63) is 18.1 Å². The molecule has 0 bridgehead atoms. The van der Waals surface area contributed by atoms with Gasteiger partial charge in [0.15, 0.2) is 6.10 Å². The van der Waals surface area contributed by atoms with Gasteiger partial charge in [0.2, 0.25) is 0 Å². The van der Waals surface area contributed by atoms with Crippen LogP contribution in [-0.2, 0) is 14.3 Å². The second-order valence-electron chi connectivity index (χ2n) is 3.95. The van der Waals surface area contributed by atoms with Crippen molar-refractivity contribution in [1.29, 1.82) is 0 Å². The summed E-state index contributed by atoms with van der Waals surface area (Å²) in [6, 6.07) is 0. The molecule has 1 fully saturated rings. The second-order valence-corrected chi connectivity index (χ2v) is 4.39. The van der Waals surface area contributed by atoms with Crippen LogP contribution in [0.5, 0.6) is 0 Å². The summed E-state index contributed by atoms with van der Waals surface area (Å²) in [5.74, 6) is 0.259. The van der Waals surface area contributed by atoms with Crippen LogP contribution in [0.2, 0.25) is 0 Å². The molecule has 1 aromatic rings. The van der Waals surface area contributed by atoms with Gasteiger partial charge in [-0.05, 0) is 0 Å². The van der Waals surface area contributed by atoms with E-state index in [0.717, 1.165) is 0 Å². The lowest BCUT2D eigenvalue weighted by molar-refractivity contribution is -0.154. The molecule has 102 valence electrons. The average molecular weight is 282 g/mol. The molecule has 0 saturated carbocycles. The molecule has 1 aliphatic heterocycles. The molecule has 7 nitrogen and oxygen atoms in total. The number of methoxy groups -OCH3 is 1. The van der Waals surface area contributed by atoms with E-state index in [2.05, 4.69) is 14.7 Å². The predicted molar refractivity (Wildman–Crippen MR) is 71.9 cm³/mol. The van der Waals surface area contributed by atoms with Crippen LogP contribution in [0.4, 0.5) is 5.82 Å². The van der Waals surface area contributed by atoms with Gasteiger partial charge in [0, 0.05) is 6.54 Å². The molecule has 0 spiro atoms. The maximum absolute atomic E-state index is 11.4. The summed E-state index contributed by atoms with van der Waals surface area (Å²) < 4.78 is 10.0. The summed E-state index contributed by atoms with van der Waals surface area (Å²) in [5.41, 5.74) is 5.93. The van der Waals surface area contributed by atoms with Crippen molar-refractivity contribution < 1.29 is 14.3 Å². The summed E-state index contributed by atoms with van der Waals surface area (Å²) in [6.07, 6.45) is 2.49. The number of nitrogens with two attached hydrogens (primary N) is 1. The topological polar surface area (TPSA) is 90.6 Å².